The van der Waals surface area contributed by atoms with E-state index in [1.807, 2.05) is 0 Å². The summed E-state index contributed by atoms with van der Waals surface area (Å²) in [4.78, 5) is 0. The van der Waals surface area contributed by atoms with E-state index < -0.39 is 0 Å². The van der Waals surface area contributed by atoms with Crippen molar-refractivity contribution in [3.05, 3.63) is 11.3 Å². The zero-order chi connectivity index (χ0) is 8.43. The van der Waals surface area contributed by atoms with Crippen LogP contribution in [0.2, 0.25) is 0 Å². The van der Waals surface area contributed by atoms with Gasteiger partial charge in [0.1, 0.15) is 0 Å². The number of allylic oxidation sites excluding steroid dienone is 1. The first-order valence-electron chi connectivity index (χ1n) is 4.42. The van der Waals surface area contributed by atoms with Gasteiger partial charge < -0.3 is 5.01 Å². The van der Waals surface area contributed by atoms with Crippen molar-refractivity contribution >= 4 is 0 Å². The molecule has 0 fully saturated rings. The van der Waals surface area contributed by atoms with Crippen LogP contribution in [0.1, 0.15) is 33.6 Å². The monoisotopic (exact) mass is 154 g/mol. The number of nitrogens with zero attached hydrogens (tertiary/aromatic N) is 1. The highest BCUT2D eigenvalue weighted by molar-refractivity contribution is 5.21. The lowest BCUT2D eigenvalue weighted by molar-refractivity contribution is 0.308. The molecule has 1 aliphatic rings. The molecule has 0 saturated heterocycles. The molecular formula is C9H18N2. The molecule has 2 heteroatoms. The van der Waals surface area contributed by atoms with Gasteiger partial charge in [-0.15, -0.1) is 0 Å². The van der Waals surface area contributed by atoms with E-state index in [2.05, 4.69) is 38.3 Å². The van der Waals surface area contributed by atoms with Crippen LogP contribution in [0.3, 0.4) is 0 Å². The summed E-state index contributed by atoms with van der Waals surface area (Å²) in [6.45, 7) is 6.65. The number of rotatable bonds is 2. The Bertz CT molecular complexity index is 154. The lowest BCUT2D eigenvalue weighted by Gasteiger charge is -2.15. The fraction of sp³-hybridized carbons (Fsp3) is 0.778. The summed E-state index contributed by atoms with van der Waals surface area (Å²) in [7, 11) is 2.10. The minimum absolute atomic E-state index is 0.542. The maximum atomic E-state index is 3.38. The molecule has 0 bridgehead atoms. The number of hydrogen-bond donors (Lipinski definition) is 1. The van der Waals surface area contributed by atoms with Gasteiger partial charge in [0.2, 0.25) is 0 Å². The molecule has 0 saturated carbocycles. The van der Waals surface area contributed by atoms with Gasteiger partial charge in [0.05, 0.1) is 0 Å². The van der Waals surface area contributed by atoms with E-state index in [4.69, 9.17) is 0 Å². The standard InChI is InChI=1S/C9H18N2/c1-5-8-7(3)10-11(4)9(8)6-2/h7,10H,5-6H2,1-4H3. The fourth-order valence-corrected chi connectivity index (χ4v) is 1.89. The van der Waals surface area contributed by atoms with E-state index in [0.29, 0.717) is 6.04 Å². The van der Waals surface area contributed by atoms with Crippen LogP contribution in [-0.4, -0.2) is 18.1 Å². The maximum absolute atomic E-state index is 3.38. The van der Waals surface area contributed by atoms with Crippen molar-refractivity contribution in [3.63, 3.8) is 0 Å². The van der Waals surface area contributed by atoms with E-state index >= 15 is 0 Å². The third kappa shape index (κ3) is 1.41. The zero-order valence-corrected chi connectivity index (χ0v) is 7.94. The molecule has 11 heavy (non-hydrogen) atoms. The van der Waals surface area contributed by atoms with Gasteiger partial charge in [0, 0.05) is 18.8 Å². The Hall–Kier alpha value is -0.500. The first-order chi connectivity index (χ1) is 5.20. The van der Waals surface area contributed by atoms with Crippen LogP contribution in [0.15, 0.2) is 11.3 Å². The topological polar surface area (TPSA) is 15.3 Å². The second-order valence-electron chi connectivity index (χ2n) is 3.09. The first-order valence-corrected chi connectivity index (χ1v) is 4.42. The average molecular weight is 154 g/mol. The Morgan fingerprint density at radius 3 is 2.36 bits per heavy atom. The van der Waals surface area contributed by atoms with Gasteiger partial charge in [-0.1, -0.05) is 13.8 Å². The Balaban J connectivity index is 2.83. The molecule has 0 aromatic heterocycles. The molecule has 64 valence electrons. The zero-order valence-electron chi connectivity index (χ0n) is 7.94. The molecule has 0 aromatic carbocycles. The normalized spacial score (nSPS) is 25.1. The van der Waals surface area contributed by atoms with E-state index in [9.17, 15) is 0 Å². The third-order valence-corrected chi connectivity index (χ3v) is 2.40. The summed E-state index contributed by atoms with van der Waals surface area (Å²) in [6, 6.07) is 0.542. The number of hydrogen-bond acceptors (Lipinski definition) is 2. The Kier molecular flexibility index (Phi) is 2.55. The van der Waals surface area contributed by atoms with Gasteiger partial charge in [-0.2, -0.15) is 0 Å². The van der Waals surface area contributed by atoms with Crippen LogP contribution in [0.5, 0.6) is 0 Å². The summed E-state index contributed by atoms with van der Waals surface area (Å²) in [5.41, 5.74) is 6.42. The number of nitrogens with one attached hydrogen (secondary N) is 1. The van der Waals surface area contributed by atoms with Gasteiger partial charge in [0.25, 0.3) is 0 Å². The van der Waals surface area contributed by atoms with Crippen LogP contribution < -0.4 is 5.43 Å². The molecule has 1 unspecified atom stereocenters. The van der Waals surface area contributed by atoms with Crippen LogP contribution in [0.4, 0.5) is 0 Å². The summed E-state index contributed by atoms with van der Waals surface area (Å²) in [6.07, 6.45) is 2.30. The predicted molar refractivity (Wildman–Crippen MR) is 48.0 cm³/mol. The van der Waals surface area contributed by atoms with Gasteiger partial charge in [-0.25, -0.2) is 5.43 Å². The summed E-state index contributed by atoms with van der Waals surface area (Å²) >= 11 is 0. The van der Waals surface area contributed by atoms with Crippen LogP contribution >= 0.6 is 0 Å². The van der Waals surface area contributed by atoms with Crippen molar-refractivity contribution in [1.29, 1.82) is 0 Å². The quantitative estimate of drug-likeness (QED) is 0.653. The molecule has 1 rings (SSSR count). The highest BCUT2D eigenvalue weighted by atomic mass is 15.5. The van der Waals surface area contributed by atoms with E-state index in [1.165, 1.54) is 12.1 Å². The second-order valence-corrected chi connectivity index (χ2v) is 3.09. The summed E-state index contributed by atoms with van der Waals surface area (Å²) in [5.74, 6) is 0. The first kappa shape index (κ1) is 8.60. The molecule has 1 heterocycles. The Morgan fingerprint density at radius 1 is 1.36 bits per heavy atom. The van der Waals surface area contributed by atoms with Gasteiger partial charge in [-0.05, 0) is 25.3 Å². The van der Waals surface area contributed by atoms with Crippen LogP contribution in [-0.2, 0) is 0 Å². The van der Waals surface area contributed by atoms with Crippen molar-refractivity contribution in [2.24, 2.45) is 0 Å². The Labute approximate surface area is 69.2 Å². The maximum Gasteiger partial charge on any atom is 0.0463 e. The average Bonchev–Trinajstić information content (AvgIpc) is 2.24. The second kappa shape index (κ2) is 3.26. The summed E-state index contributed by atoms with van der Waals surface area (Å²) < 4.78 is 0. The highest BCUT2D eigenvalue weighted by Gasteiger charge is 2.22. The summed E-state index contributed by atoms with van der Waals surface area (Å²) in [5, 5.41) is 2.16. The fourth-order valence-electron chi connectivity index (χ4n) is 1.89. The Morgan fingerprint density at radius 2 is 2.00 bits per heavy atom. The molecule has 0 aliphatic carbocycles. The number of hydrazine groups is 1. The van der Waals surface area contributed by atoms with Crippen LogP contribution in [0.25, 0.3) is 0 Å². The van der Waals surface area contributed by atoms with E-state index in [0.717, 1.165) is 6.42 Å². The smallest absolute Gasteiger partial charge is 0.0463 e. The SMILES string of the molecule is CCC1=C(CC)N(C)NC1C. The molecular weight excluding hydrogens is 136 g/mol. The van der Waals surface area contributed by atoms with Crippen molar-refractivity contribution < 1.29 is 0 Å². The molecule has 0 radical (unpaired) electrons. The largest absolute Gasteiger partial charge is 0.315 e. The molecule has 0 spiro atoms. The van der Waals surface area contributed by atoms with Crippen LogP contribution in [0, 0.1) is 0 Å². The van der Waals surface area contributed by atoms with E-state index in [1.54, 1.807) is 5.57 Å². The molecule has 2 nitrogen and oxygen atoms in total. The van der Waals surface area contributed by atoms with Gasteiger partial charge >= 0.3 is 0 Å². The highest BCUT2D eigenvalue weighted by Crippen LogP contribution is 2.23. The van der Waals surface area contributed by atoms with E-state index in [-0.39, 0.29) is 0 Å². The molecule has 1 atom stereocenters. The minimum atomic E-state index is 0.542. The van der Waals surface area contributed by atoms with Crippen molar-refractivity contribution in [2.75, 3.05) is 7.05 Å². The third-order valence-electron chi connectivity index (χ3n) is 2.40. The molecule has 1 N–H and O–H groups in total. The van der Waals surface area contributed by atoms with Gasteiger partial charge in [0.15, 0.2) is 0 Å². The molecule has 0 aromatic rings. The van der Waals surface area contributed by atoms with Gasteiger partial charge in [-0.3, -0.25) is 0 Å². The van der Waals surface area contributed by atoms with Crippen molar-refractivity contribution in [2.45, 2.75) is 39.7 Å². The molecule has 0 amide bonds. The minimum Gasteiger partial charge on any atom is -0.315 e. The lowest BCUT2D eigenvalue weighted by atomic mass is 10.0. The lowest BCUT2D eigenvalue weighted by Crippen LogP contribution is -2.32. The van der Waals surface area contributed by atoms with Crippen molar-refractivity contribution in [3.8, 4) is 0 Å². The predicted octanol–water partition coefficient (Wildman–Crippen LogP) is 1.90. The molecule has 1 aliphatic heterocycles. The van der Waals surface area contributed by atoms with Crippen molar-refractivity contribution in [1.82, 2.24) is 10.4 Å².